The Morgan fingerprint density at radius 1 is 1.16 bits per heavy atom. The molecule has 2 aromatic heterocycles. The van der Waals surface area contributed by atoms with Gasteiger partial charge in [0, 0.05) is 38.3 Å². The molecule has 1 saturated heterocycles. The molecule has 4 heterocycles. The van der Waals surface area contributed by atoms with Crippen LogP contribution in [0, 0.1) is 19.8 Å². The lowest BCUT2D eigenvalue weighted by Crippen LogP contribution is -2.49. The minimum absolute atomic E-state index is 0.0981. The van der Waals surface area contributed by atoms with Gasteiger partial charge in [0.05, 0.1) is 17.5 Å². The van der Waals surface area contributed by atoms with Crippen LogP contribution < -0.4 is 4.90 Å². The minimum atomic E-state index is -3.83. The Kier molecular flexibility index (Phi) is 7.00. The molecule has 1 saturated carbocycles. The molecular formula is C33H38N6O4S. The molecular weight excluding hydrogens is 576 g/mol. The van der Waals surface area contributed by atoms with Gasteiger partial charge in [0.2, 0.25) is 10.0 Å². The number of sulfonamides is 1. The lowest BCUT2D eigenvalue weighted by molar-refractivity contribution is -0.137. The van der Waals surface area contributed by atoms with Crippen molar-refractivity contribution in [3.05, 3.63) is 76.5 Å². The zero-order chi connectivity index (χ0) is 30.8. The van der Waals surface area contributed by atoms with E-state index in [0.717, 1.165) is 64.8 Å². The molecule has 4 aromatic rings. The fourth-order valence-corrected chi connectivity index (χ4v) is 8.85. The summed E-state index contributed by atoms with van der Waals surface area (Å²) in [6.07, 6.45) is 5.85. The molecule has 3 aliphatic rings. The first kappa shape index (κ1) is 28.9. The first-order chi connectivity index (χ1) is 21.0. The number of fused-ring (bicyclic) bond motifs is 4. The summed E-state index contributed by atoms with van der Waals surface area (Å²) in [4.78, 5) is 19.1. The highest BCUT2D eigenvalue weighted by Gasteiger charge is 2.47. The van der Waals surface area contributed by atoms with E-state index in [0.29, 0.717) is 18.3 Å². The molecule has 2 aromatic carbocycles. The molecule has 1 aliphatic carbocycles. The van der Waals surface area contributed by atoms with Gasteiger partial charge in [-0.05, 0) is 98.4 Å². The van der Waals surface area contributed by atoms with Crippen molar-refractivity contribution >= 4 is 32.8 Å². The number of aromatic nitrogens is 4. The second kappa shape index (κ2) is 10.7. The Balaban J connectivity index is 1.26. The van der Waals surface area contributed by atoms with Gasteiger partial charge >= 0.3 is 5.97 Å². The molecule has 0 bridgehead atoms. The van der Waals surface area contributed by atoms with E-state index in [1.165, 1.54) is 12.8 Å². The highest BCUT2D eigenvalue weighted by molar-refractivity contribution is 7.89. The third kappa shape index (κ3) is 4.95. The first-order valence-corrected chi connectivity index (χ1v) is 16.9. The Morgan fingerprint density at radius 3 is 2.75 bits per heavy atom. The first-order valence-electron chi connectivity index (χ1n) is 15.4. The van der Waals surface area contributed by atoms with E-state index in [2.05, 4.69) is 27.1 Å². The van der Waals surface area contributed by atoms with Gasteiger partial charge < -0.3 is 10.0 Å². The van der Waals surface area contributed by atoms with Gasteiger partial charge in [0.25, 0.3) is 0 Å². The summed E-state index contributed by atoms with van der Waals surface area (Å²) >= 11 is 0. The normalized spacial score (nSPS) is 22.0. The molecule has 2 aliphatic heterocycles. The number of pyridine rings is 1. The number of aliphatic carboxylic acids is 1. The monoisotopic (exact) mass is 614 g/mol. The molecule has 11 heteroatoms. The molecule has 2 fully saturated rings. The van der Waals surface area contributed by atoms with Crippen LogP contribution in [0.3, 0.4) is 0 Å². The van der Waals surface area contributed by atoms with Gasteiger partial charge in [-0.2, -0.15) is 4.31 Å². The fourth-order valence-electron chi connectivity index (χ4n) is 7.17. The van der Waals surface area contributed by atoms with Gasteiger partial charge in [-0.1, -0.05) is 29.5 Å². The summed E-state index contributed by atoms with van der Waals surface area (Å²) < 4.78 is 31.8. The van der Waals surface area contributed by atoms with Crippen molar-refractivity contribution in [2.75, 3.05) is 18.0 Å². The molecule has 7 rings (SSSR count). The van der Waals surface area contributed by atoms with Crippen LogP contribution in [0.15, 0.2) is 53.6 Å². The number of hydrogen-bond donors (Lipinski definition) is 1. The second-order valence-corrected chi connectivity index (χ2v) is 15.0. The predicted octanol–water partition coefficient (Wildman–Crippen LogP) is 5.02. The van der Waals surface area contributed by atoms with Crippen LogP contribution in [0.5, 0.6) is 0 Å². The Hall–Kier alpha value is -3.83. The number of nitrogens with zero attached hydrogens (tertiary/aromatic N) is 6. The Labute approximate surface area is 257 Å². The highest BCUT2D eigenvalue weighted by atomic mass is 32.2. The standard InChI is InChI=1S/C33H38N6O4S/c1-21-7-10-24(27(17-30(40)41)26-11-12-28-31(22(26)2)35-36-39(28)18-23-8-9-23)16-25(21)19-37-20-33(3)13-5-15-38(33)32-29(44(37,42)43)6-4-14-34-32/h4,6-7,10-12,14,16,23,27H,5,8-9,13,15,17-20H2,1-3H3,(H,40,41)/t27?,33-/m1/s1. The largest absolute Gasteiger partial charge is 0.481 e. The third-order valence-electron chi connectivity index (χ3n) is 9.88. The predicted molar refractivity (Wildman–Crippen MR) is 167 cm³/mol. The van der Waals surface area contributed by atoms with Crippen molar-refractivity contribution in [1.29, 1.82) is 0 Å². The van der Waals surface area contributed by atoms with Crippen molar-refractivity contribution in [2.24, 2.45) is 5.92 Å². The van der Waals surface area contributed by atoms with Gasteiger partial charge in [-0.3, -0.25) is 4.79 Å². The van der Waals surface area contributed by atoms with E-state index in [9.17, 15) is 18.3 Å². The van der Waals surface area contributed by atoms with E-state index >= 15 is 0 Å². The van der Waals surface area contributed by atoms with Crippen LogP contribution >= 0.6 is 0 Å². The van der Waals surface area contributed by atoms with Crippen LogP contribution in [-0.2, 0) is 27.9 Å². The van der Waals surface area contributed by atoms with Crippen LogP contribution in [-0.4, -0.2) is 62.4 Å². The van der Waals surface area contributed by atoms with Crippen LogP contribution in [0.2, 0.25) is 0 Å². The fraction of sp³-hybridized carbons (Fsp3) is 0.455. The molecule has 1 N–H and O–H groups in total. The third-order valence-corrected chi connectivity index (χ3v) is 11.7. The van der Waals surface area contributed by atoms with Crippen molar-refractivity contribution in [1.82, 2.24) is 24.3 Å². The number of carboxylic acid groups (broad SMARTS) is 1. The molecule has 0 radical (unpaired) electrons. The molecule has 0 amide bonds. The summed E-state index contributed by atoms with van der Waals surface area (Å²) in [6.45, 7) is 8.25. The summed E-state index contributed by atoms with van der Waals surface area (Å²) in [6, 6.07) is 13.3. The van der Waals surface area contributed by atoms with Gasteiger partial charge in [-0.15, -0.1) is 5.10 Å². The van der Waals surface area contributed by atoms with E-state index in [1.54, 1.807) is 22.6 Å². The van der Waals surface area contributed by atoms with Crippen LogP contribution in [0.1, 0.15) is 72.8 Å². The molecule has 0 spiro atoms. The zero-order valence-corrected chi connectivity index (χ0v) is 26.2. The van der Waals surface area contributed by atoms with E-state index in [4.69, 9.17) is 0 Å². The summed E-state index contributed by atoms with van der Waals surface area (Å²) in [5.74, 6) is -0.148. The van der Waals surface area contributed by atoms with Crippen molar-refractivity contribution in [3.63, 3.8) is 0 Å². The van der Waals surface area contributed by atoms with Crippen LogP contribution in [0.25, 0.3) is 11.0 Å². The average Bonchev–Trinajstić information content (AvgIpc) is 3.60. The SMILES string of the molecule is Cc1ccc(C(CC(=O)O)c2ccc3c(nnn3CC3CC3)c2C)cc1CN1C[C@@]2(C)CCCN2c2ncccc2S1(=O)=O. The molecule has 10 nitrogen and oxygen atoms in total. The maximum Gasteiger partial charge on any atom is 0.304 e. The molecule has 2 atom stereocenters. The lowest BCUT2D eigenvalue weighted by atomic mass is 9.84. The zero-order valence-electron chi connectivity index (χ0n) is 25.4. The number of rotatable bonds is 8. The minimum Gasteiger partial charge on any atom is -0.481 e. The van der Waals surface area contributed by atoms with E-state index in [-0.39, 0.29) is 23.4 Å². The topological polar surface area (TPSA) is 122 Å². The van der Waals surface area contributed by atoms with Gasteiger partial charge in [-0.25, -0.2) is 18.1 Å². The van der Waals surface area contributed by atoms with Gasteiger partial charge in [0.15, 0.2) is 0 Å². The highest BCUT2D eigenvalue weighted by Crippen LogP contribution is 2.42. The van der Waals surface area contributed by atoms with E-state index in [1.807, 2.05) is 48.9 Å². The number of benzene rings is 2. The number of hydrogen-bond acceptors (Lipinski definition) is 7. The quantitative estimate of drug-likeness (QED) is 0.294. The molecule has 44 heavy (non-hydrogen) atoms. The lowest BCUT2D eigenvalue weighted by Gasteiger charge is -2.36. The summed E-state index contributed by atoms with van der Waals surface area (Å²) in [7, 11) is -3.83. The number of carbonyl (C=O) groups is 1. The van der Waals surface area contributed by atoms with Crippen molar-refractivity contribution < 1.29 is 18.3 Å². The number of aryl methyl sites for hydroxylation is 2. The second-order valence-electron chi connectivity index (χ2n) is 13.0. The van der Waals surface area contributed by atoms with Gasteiger partial charge in [0.1, 0.15) is 16.2 Å². The smallest absolute Gasteiger partial charge is 0.304 e. The number of carboxylic acids is 1. The summed E-state index contributed by atoms with van der Waals surface area (Å²) in [5, 5.41) is 18.9. The Morgan fingerprint density at radius 2 is 1.98 bits per heavy atom. The maximum atomic E-state index is 14.1. The van der Waals surface area contributed by atoms with E-state index < -0.39 is 21.9 Å². The maximum absolute atomic E-state index is 14.1. The average molecular weight is 615 g/mol. The summed E-state index contributed by atoms with van der Waals surface area (Å²) in [5.41, 5.74) is 5.86. The molecule has 1 unspecified atom stereocenters. The Bertz CT molecular complexity index is 1880. The van der Waals surface area contributed by atoms with Crippen LogP contribution in [0.4, 0.5) is 5.82 Å². The van der Waals surface area contributed by atoms with Crippen molar-refractivity contribution in [2.45, 2.75) is 82.3 Å². The van der Waals surface area contributed by atoms with Crippen molar-refractivity contribution in [3.8, 4) is 0 Å². The molecule has 230 valence electrons. The number of anilines is 1.